The highest BCUT2D eigenvalue weighted by Crippen LogP contribution is 2.29. The number of ketones is 1. The number of hydrogen-bond acceptors (Lipinski definition) is 3. The van der Waals surface area contributed by atoms with Gasteiger partial charge < -0.3 is 5.73 Å². The summed E-state index contributed by atoms with van der Waals surface area (Å²) in [7, 11) is 0. The summed E-state index contributed by atoms with van der Waals surface area (Å²) in [6.45, 7) is 2.24. The van der Waals surface area contributed by atoms with Crippen molar-refractivity contribution >= 4 is 11.6 Å². The Kier molecular flexibility index (Phi) is 3.77. The van der Waals surface area contributed by atoms with Gasteiger partial charge in [0.15, 0.2) is 0 Å². The number of anilines is 1. The standard InChI is InChI=1S/C14H20N2O/c1-10-3-2-4-12(7-10)13(17)8-11-5-6-16-14(15)9-11/h5-6,9-10,12H,2-4,7-8H2,1H3,(H2,15,16). The van der Waals surface area contributed by atoms with Crippen LogP contribution in [0, 0.1) is 11.8 Å². The van der Waals surface area contributed by atoms with Crippen LogP contribution >= 0.6 is 0 Å². The first-order valence-electron chi connectivity index (χ1n) is 6.38. The van der Waals surface area contributed by atoms with E-state index >= 15 is 0 Å². The average Bonchev–Trinajstić information content (AvgIpc) is 2.29. The monoisotopic (exact) mass is 232 g/mol. The summed E-state index contributed by atoms with van der Waals surface area (Å²) in [6.07, 6.45) is 6.75. The van der Waals surface area contributed by atoms with Crippen molar-refractivity contribution in [2.75, 3.05) is 5.73 Å². The number of hydrogen-bond donors (Lipinski definition) is 1. The van der Waals surface area contributed by atoms with Gasteiger partial charge in [-0.05, 0) is 36.5 Å². The van der Waals surface area contributed by atoms with Crippen molar-refractivity contribution in [2.24, 2.45) is 11.8 Å². The number of nitrogens with zero attached hydrogens (tertiary/aromatic N) is 1. The van der Waals surface area contributed by atoms with Crippen molar-refractivity contribution in [3.63, 3.8) is 0 Å². The average molecular weight is 232 g/mol. The minimum atomic E-state index is 0.258. The second kappa shape index (κ2) is 5.30. The van der Waals surface area contributed by atoms with Gasteiger partial charge >= 0.3 is 0 Å². The Morgan fingerprint density at radius 3 is 3.06 bits per heavy atom. The topological polar surface area (TPSA) is 56.0 Å². The van der Waals surface area contributed by atoms with Crippen molar-refractivity contribution in [3.05, 3.63) is 23.9 Å². The Morgan fingerprint density at radius 1 is 1.53 bits per heavy atom. The zero-order valence-electron chi connectivity index (χ0n) is 10.4. The Balaban J connectivity index is 1.96. The number of nitrogen functional groups attached to an aromatic ring is 1. The first-order valence-corrected chi connectivity index (χ1v) is 6.38. The molecule has 2 unspecified atom stereocenters. The van der Waals surface area contributed by atoms with Crippen LogP contribution in [0.25, 0.3) is 0 Å². The molecule has 1 fully saturated rings. The van der Waals surface area contributed by atoms with E-state index in [4.69, 9.17) is 5.73 Å². The van der Waals surface area contributed by atoms with Crippen LogP contribution in [0.2, 0.25) is 0 Å². The number of aromatic nitrogens is 1. The maximum absolute atomic E-state index is 12.2. The molecule has 1 aromatic heterocycles. The smallest absolute Gasteiger partial charge is 0.140 e. The van der Waals surface area contributed by atoms with Gasteiger partial charge in [0.1, 0.15) is 11.6 Å². The van der Waals surface area contributed by atoms with Gasteiger partial charge in [0, 0.05) is 18.5 Å². The van der Waals surface area contributed by atoms with Crippen molar-refractivity contribution in [3.8, 4) is 0 Å². The van der Waals surface area contributed by atoms with Gasteiger partial charge in [-0.1, -0.05) is 19.8 Å². The molecule has 2 atom stereocenters. The van der Waals surface area contributed by atoms with E-state index in [1.54, 1.807) is 12.3 Å². The molecule has 92 valence electrons. The summed E-state index contributed by atoms with van der Waals surface area (Å²) >= 11 is 0. The zero-order chi connectivity index (χ0) is 12.3. The maximum atomic E-state index is 12.2. The van der Waals surface area contributed by atoms with Gasteiger partial charge in [-0.3, -0.25) is 4.79 Å². The predicted octanol–water partition coefficient (Wildman–Crippen LogP) is 2.60. The van der Waals surface area contributed by atoms with Gasteiger partial charge in [0.05, 0.1) is 0 Å². The number of nitrogens with two attached hydrogens (primary N) is 1. The molecular formula is C14H20N2O. The van der Waals surface area contributed by atoms with Crippen molar-refractivity contribution in [2.45, 2.75) is 39.0 Å². The Hall–Kier alpha value is -1.38. The normalized spacial score (nSPS) is 24.5. The van der Waals surface area contributed by atoms with Crippen LogP contribution in [-0.2, 0) is 11.2 Å². The second-order valence-corrected chi connectivity index (χ2v) is 5.20. The SMILES string of the molecule is CC1CCCC(C(=O)Cc2ccnc(N)c2)C1. The Morgan fingerprint density at radius 2 is 2.35 bits per heavy atom. The van der Waals surface area contributed by atoms with Crippen LogP contribution in [-0.4, -0.2) is 10.8 Å². The number of pyridine rings is 1. The van der Waals surface area contributed by atoms with E-state index in [0.29, 0.717) is 23.9 Å². The fourth-order valence-electron chi connectivity index (χ4n) is 2.68. The van der Waals surface area contributed by atoms with Crippen LogP contribution < -0.4 is 5.73 Å². The molecule has 1 aliphatic rings. The van der Waals surface area contributed by atoms with Crippen LogP contribution in [0.5, 0.6) is 0 Å². The number of carbonyl (C=O) groups is 1. The third-order valence-corrected chi connectivity index (χ3v) is 3.62. The first kappa shape index (κ1) is 12.1. The summed E-state index contributed by atoms with van der Waals surface area (Å²) in [5, 5.41) is 0. The van der Waals surface area contributed by atoms with Crippen LogP contribution in [0.4, 0.5) is 5.82 Å². The van der Waals surface area contributed by atoms with E-state index in [9.17, 15) is 4.79 Å². The van der Waals surface area contributed by atoms with E-state index in [0.717, 1.165) is 18.4 Å². The molecule has 0 aliphatic heterocycles. The molecule has 1 heterocycles. The molecule has 2 rings (SSSR count). The second-order valence-electron chi connectivity index (χ2n) is 5.20. The summed E-state index contributed by atoms with van der Waals surface area (Å²) in [6, 6.07) is 3.67. The lowest BCUT2D eigenvalue weighted by molar-refractivity contribution is -0.123. The molecule has 0 bridgehead atoms. The Labute approximate surface area is 102 Å². The lowest BCUT2D eigenvalue weighted by Gasteiger charge is -2.25. The molecule has 0 aromatic carbocycles. The molecular weight excluding hydrogens is 212 g/mol. The van der Waals surface area contributed by atoms with Gasteiger partial charge in [0.25, 0.3) is 0 Å². The van der Waals surface area contributed by atoms with Gasteiger partial charge in [-0.2, -0.15) is 0 Å². The predicted molar refractivity (Wildman–Crippen MR) is 68.5 cm³/mol. The number of rotatable bonds is 3. The van der Waals surface area contributed by atoms with Crippen LogP contribution in [0.1, 0.15) is 38.2 Å². The molecule has 1 saturated carbocycles. The minimum absolute atomic E-state index is 0.258. The molecule has 3 heteroatoms. The van der Waals surface area contributed by atoms with E-state index < -0.39 is 0 Å². The van der Waals surface area contributed by atoms with E-state index in [1.165, 1.54) is 12.8 Å². The molecule has 17 heavy (non-hydrogen) atoms. The summed E-state index contributed by atoms with van der Waals surface area (Å²) < 4.78 is 0. The van der Waals surface area contributed by atoms with Gasteiger partial charge in [-0.25, -0.2) is 4.98 Å². The fraction of sp³-hybridized carbons (Fsp3) is 0.571. The van der Waals surface area contributed by atoms with E-state index in [1.807, 2.05) is 6.07 Å². The molecule has 3 nitrogen and oxygen atoms in total. The molecule has 0 saturated heterocycles. The Bertz CT molecular complexity index is 403. The van der Waals surface area contributed by atoms with Crippen LogP contribution in [0.3, 0.4) is 0 Å². The molecule has 1 aliphatic carbocycles. The fourth-order valence-corrected chi connectivity index (χ4v) is 2.68. The van der Waals surface area contributed by atoms with Gasteiger partial charge in [-0.15, -0.1) is 0 Å². The molecule has 0 radical (unpaired) electrons. The highest BCUT2D eigenvalue weighted by molar-refractivity contribution is 5.83. The summed E-state index contributed by atoms with van der Waals surface area (Å²) in [4.78, 5) is 16.1. The molecule has 1 aromatic rings. The van der Waals surface area contributed by atoms with Crippen LogP contribution in [0.15, 0.2) is 18.3 Å². The molecule has 0 spiro atoms. The lowest BCUT2D eigenvalue weighted by Crippen LogP contribution is -2.23. The minimum Gasteiger partial charge on any atom is -0.384 e. The summed E-state index contributed by atoms with van der Waals surface area (Å²) in [5.41, 5.74) is 6.60. The maximum Gasteiger partial charge on any atom is 0.140 e. The highest BCUT2D eigenvalue weighted by Gasteiger charge is 2.24. The first-order chi connectivity index (χ1) is 8.15. The van der Waals surface area contributed by atoms with E-state index in [-0.39, 0.29) is 5.92 Å². The highest BCUT2D eigenvalue weighted by atomic mass is 16.1. The lowest BCUT2D eigenvalue weighted by atomic mass is 9.79. The van der Waals surface area contributed by atoms with Crippen molar-refractivity contribution < 1.29 is 4.79 Å². The largest absolute Gasteiger partial charge is 0.384 e. The third kappa shape index (κ3) is 3.29. The number of carbonyl (C=O) groups excluding carboxylic acids is 1. The third-order valence-electron chi connectivity index (χ3n) is 3.62. The number of Topliss-reactive ketones (excluding diaryl/α,β-unsaturated/α-hetero) is 1. The molecule has 2 N–H and O–H groups in total. The van der Waals surface area contributed by atoms with Gasteiger partial charge in [0.2, 0.25) is 0 Å². The zero-order valence-corrected chi connectivity index (χ0v) is 10.4. The molecule has 0 amide bonds. The van der Waals surface area contributed by atoms with E-state index in [2.05, 4.69) is 11.9 Å². The quantitative estimate of drug-likeness (QED) is 0.871. The van der Waals surface area contributed by atoms with Crippen molar-refractivity contribution in [1.82, 2.24) is 4.98 Å². The summed E-state index contributed by atoms with van der Waals surface area (Å²) in [5.74, 6) is 1.81. The van der Waals surface area contributed by atoms with Crippen molar-refractivity contribution in [1.29, 1.82) is 0 Å².